The van der Waals surface area contributed by atoms with Gasteiger partial charge in [-0.15, -0.1) is 11.8 Å². The van der Waals surface area contributed by atoms with Crippen LogP contribution in [-0.4, -0.2) is 46.2 Å². The Kier molecular flexibility index (Phi) is 6.36. The van der Waals surface area contributed by atoms with Gasteiger partial charge >= 0.3 is 5.97 Å². The van der Waals surface area contributed by atoms with Crippen molar-refractivity contribution in [3.63, 3.8) is 0 Å². The van der Waals surface area contributed by atoms with E-state index in [2.05, 4.69) is 5.32 Å². The molecule has 0 aromatic heterocycles. The summed E-state index contributed by atoms with van der Waals surface area (Å²) in [6.45, 7) is 0.494. The zero-order valence-electron chi connectivity index (χ0n) is 9.72. The SMILES string of the molecule is O=C(O)CSCC(=O)NCC1CCCCC1O. The molecule has 0 saturated heterocycles. The minimum absolute atomic E-state index is 0.0561. The molecule has 98 valence electrons. The fraction of sp³-hybridized carbons (Fsp3) is 0.818. The zero-order chi connectivity index (χ0) is 12.7. The van der Waals surface area contributed by atoms with Crippen molar-refractivity contribution in [2.75, 3.05) is 18.1 Å². The number of hydrogen-bond donors (Lipinski definition) is 3. The number of hydrogen-bond acceptors (Lipinski definition) is 4. The average Bonchev–Trinajstić information content (AvgIpc) is 2.27. The quantitative estimate of drug-likeness (QED) is 0.647. The van der Waals surface area contributed by atoms with E-state index in [1.807, 2.05) is 0 Å². The van der Waals surface area contributed by atoms with Crippen LogP contribution < -0.4 is 5.32 Å². The molecule has 1 amide bonds. The summed E-state index contributed by atoms with van der Waals surface area (Å²) in [6, 6.07) is 0. The molecule has 2 unspecified atom stereocenters. The van der Waals surface area contributed by atoms with Crippen LogP contribution in [0, 0.1) is 5.92 Å². The van der Waals surface area contributed by atoms with Crippen LogP contribution in [0.1, 0.15) is 25.7 Å². The molecule has 2 atom stereocenters. The molecule has 0 aliphatic heterocycles. The molecular weight excluding hydrogens is 242 g/mol. The summed E-state index contributed by atoms with van der Waals surface area (Å²) in [5.74, 6) is -0.814. The van der Waals surface area contributed by atoms with Gasteiger partial charge in [0.1, 0.15) is 0 Å². The number of carbonyl (C=O) groups excluding carboxylic acids is 1. The van der Waals surface area contributed by atoms with Crippen molar-refractivity contribution in [2.45, 2.75) is 31.8 Å². The fourth-order valence-corrected chi connectivity index (χ4v) is 2.52. The number of aliphatic hydroxyl groups is 1. The number of rotatable bonds is 6. The smallest absolute Gasteiger partial charge is 0.313 e. The first-order valence-electron chi connectivity index (χ1n) is 5.84. The second-order valence-electron chi connectivity index (χ2n) is 4.30. The van der Waals surface area contributed by atoms with Crippen molar-refractivity contribution < 1.29 is 19.8 Å². The van der Waals surface area contributed by atoms with Gasteiger partial charge < -0.3 is 15.5 Å². The summed E-state index contributed by atoms with van der Waals surface area (Å²) in [4.78, 5) is 21.6. The molecule has 1 fully saturated rings. The third kappa shape index (κ3) is 5.93. The van der Waals surface area contributed by atoms with Crippen molar-refractivity contribution in [1.29, 1.82) is 0 Å². The average molecular weight is 261 g/mol. The van der Waals surface area contributed by atoms with Gasteiger partial charge in [0.25, 0.3) is 0 Å². The highest BCUT2D eigenvalue weighted by atomic mass is 32.2. The highest BCUT2D eigenvalue weighted by Gasteiger charge is 2.23. The van der Waals surface area contributed by atoms with Crippen LogP contribution in [0.3, 0.4) is 0 Å². The normalized spacial score (nSPS) is 24.3. The Morgan fingerprint density at radius 3 is 2.59 bits per heavy atom. The first kappa shape index (κ1) is 14.3. The maximum absolute atomic E-state index is 11.4. The lowest BCUT2D eigenvalue weighted by atomic mass is 9.86. The van der Waals surface area contributed by atoms with E-state index in [1.165, 1.54) is 0 Å². The van der Waals surface area contributed by atoms with Crippen molar-refractivity contribution in [1.82, 2.24) is 5.32 Å². The first-order chi connectivity index (χ1) is 8.09. The van der Waals surface area contributed by atoms with E-state index in [0.29, 0.717) is 6.54 Å². The van der Waals surface area contributed by atoms with Crippen LogP contribution in [0.25, 0.3) is 0 Å². The van der Waals surface area contributed by atoms with Gasteiger partial charge in [-0.1, -0.05) is 12.8 Å². The van der Waals surface area contributed by atoms with Crippen LogP contribution in [0.2, 0.25) is 0 Å². The summed E-state index contributed by atoms with van der Waals surface area (Å²) in [7, 11) is 0. The molecule has 0 bridgehead atoms. The van der Waals surface area contributed by atoms with Gasteiger partial charge in [0, 0.05) is 12.5 Å². The van der Waals surface area contributed by atoms with Gasteiger partial charge in [0.05, 0.1) is 17.6 Å². The number of carboxylic acid groups (broad SMARTS) is 1. The zero-order valence-corrected chi connectivity index (χ0v) is 10.5. The van der Waals surface area contributed by atoms with Crippen molar-refractivity contribution >= 4 is 23.6 Å². The van der Waals surface area contributed by atoms with Gasteiger partial charge in [-0.25, -0.2) is 0 Å². The Morgan fingerprint density at radius 1 is 1.24 bits per heavy atom. The molecule has 3 N–H and O–H groups in total. The molecule has 17 heavy (non-hydrogen) atoms. The Labute approximate surface area is 105 Å². The van der Waals surface area contributed by atoms with Crippen molar-refractivity contribution in [3.8, 4) is 0 Å². The Bertz CT molecular complexity index is 272. The third-order valence-corrected chi connectivity index (χ3v) is 3.81. The Balaban J connectivity index is 2.12. The van der Waals surface area contributed by atoms with E-state index in [-0.39, 0.29) is 29.4 Å². The molecule has 0 spiro atoms. The van der Waals surface area contributed by atoms with E-state index in [0.717, 1.165) is 37.4 Å². The summed E-state index contributed by atoms with van der Waals surface area (Å²) < 4.78 is 0. The summed E-state index contributed by atoms with van der Waals surface area (Å²) in [6.07, 6.45) is 3.61. The van der Waals surface area contributed by atoms with E-state index in [1.54, 1.807) is 0 Å². The molecule has 1 rings (SSSR count). The van der Waals surface area contributed by atoms with Crippen LogP contribution in [0.5, 0.6) is 0 Å². The summed E-state index contributed by atoms with van der Waals surface area (Å²) in [5.41, 5.74) is 0. The Morgan fingerprint density at radius 2 is 1.94 bits per heavy atom. The van der Waals surface area contributed by atoms with E-state index >= 15 is 0 Å². The minimum atomic E-state index is -0.912. The number of nitrogens with one attached hydrogen (secondary N) is 1. The number of aliphatic hydroxyl groups excluding tert-OH is 1. The molecular formula is C11H19NO4S. The van der Waals surface area contributed by atoms with Crippen LogP contribution in [0.15, 0.2) is 0 Å². The van der Waals surface area contributed by atoms with Gasteiger partial charge in [0.15, 0.2) is 0 Å². The van der Waals surface area contributed by atoms with Gasteiger partial charge in [-0.3, -0.25) is 9.59 Å². The molecule has 0 heterocycles. The molecule has 0 aromatic carbocycles. The summed E-state index contributed by atoms with van der Waals surface area (Å²) >= 11 is 1.08. The monoisotopic (exact) mass is 261 g/mol. The van der Waals surface area contributed by atoms with Crippen LogP contribution >= 0.6 is 11.8 Å². The van der Waals surface area contributed by atoms with Crippen LogP contribution in [-0.2, 0) is 9.59 Å². The predicted octanol–water partition coefficient (Wildman–Crippen LogP) is 0.471. The topological polar surface area (TPSA) is 86.6 Å². The van der Waals surface area contributed by atoms with E-state index in [4.69, 9.17) is 5.11 Å². The number of amides is 1. The molecule has 1 aliphatic carbocycles. The summed E-state index contributed by atoms with van der Waals surface area (Å²) in [5, 5.41) is 20.8. The molecule has 6 heteroatoms. The van der Waals surface area contributed by atoms with E-state index < -0.39 is 5.97 Å². The van der Waals surface area contributed by atoms with E-state index in [9.17, 15) is 14.7 Å². The largest absolute Gasteiger partial charge is 0.481 e. The van der Waals surface area contributed by atoms with Crippen molar-refractivity contribution in [3.05, 3.63) is 0 Å². The maximum Gasteiger partial charge on any atom is 0.313 e. The molecule has 1 aliphatic rings. The minimum Gasteiger partial charge on any atom is -0.481 e. The third-order valence-electron chi connectivity index (χ3n) is 2.89. The molecule has 1 saturated carbocycles. The lowest BCUT2D eigenvalue weighted by Gasteiger charge is -2.27. The highest BCUT2D eigenvalue weighted by Crippen LogP contribution is 2.23. The standard InChI is InChI=1S/C11H19NO4S/c13-9-4-2-1-3-8(9)5-12-10(14)6-17-7-11(15)16/h8-9,13H,1-7H2,(H,12,14)(H,15,16). The second kappa shape index (κ2) is 7.55. The predicted molar refractivity (Wildman–Crippen MR) is 65.9 cm³/mol. The fourth-order valence-electron chi connectivity index (χ4n) is 1.95. The highest BCUT2D eigenvalue weighted by molar-refractivity contribution is 8.00. The number of aliphatic carboxylic acids is 1. The number of thioether (sulfide) groups is 1. The second-order valence-corrected chi connectivity index (χ2v) is 5.29. The number of carboxylic acids is 1. The first-order valence-corrected chi connectivity index (χ1v) is 6.99. The van der Waals surface area contributed by atoms with Gasteiger partial charge in [0.2, 0.25) is 5.91 Å². The number of carbonyl (C=O) groups is 2. The van der Waals surface area contributed by atoms with Gasteiger partial charge in [-0.05, 0) is 12.8 Å². The lowest BCUT2D eigenvalue weighted by Crippen LogP contribution is -2.37. The lowest BCUT2D eigenvalue weighted by molar-refractivity contribution is -0.133. The Hall–Kier alpha value is -0.750. The van der Waals surface area contributed by atoms with Gasteiger partial charge in [-0.2, -0.15) is 0 Å². The maximum atomic E-state index is 11.4. The van der Waals surface area contributed by atoms with Crippen LogP contribution in [0.4, 0.5) is 0 Å². The van der Waals surface area contributed by atoms with Crippen molar-refractivity contribution in [2.24, 2.45) is 5.92 Å². The molecule has 0 aromatic rings. The molecule has 0 radical (unpaired) electrons. The molecule has 5 nitrogen and oxygen atoms in total.